The number of β-amino-alcohol motifs (C(OH)–C–C–N with tert-alkyl or cyclic N) is 1. The van der Waals surface area contributed by atoms with Crippen LogP contribution in [0.15, 0.2) is 24.3 Å². The lowest BCUT2D eigenvalue weighted by molar-refractivity contribution is -0.565. The maximum absolute atomic E-state index is 10.0. The van der Waals surface area contributed by atoms with Crippen LogP contribution in [0.25, 0.3) is 0 Å². The first-order valence-corrected chi connectivity index (χ1v) is 7.56. The largest absolute Gasteiger partial charge is 0.493 e. The molecule has 1 saturated heterocycles. The number of nitrogens with one attached hydrogen (secondary N) is 1. The van der Waals surface area contributed by atoms with Gasteiger partial charge in [0.1, 0.15) is 12.7 Å². The summed E-state index contributed by atoms with van der Waals surface area (Å²) >= 11 is 0. The van der Waals surface area contributed by atoms with Crippen LogP contribution < -0.4 is 14.8 Å². The monoisotopic (exact) mass is 394 g/mol. The maximum atomic E-state index is 10.0. The first kappa shape index (κ1) is 21.7. The SMILES string of the molecule is COc1ccccc1OCC(O)CN1C(O)(O)C(O)(O)NC(O)(O)C1(O)O. The van der Waals surface area contributed by atoms with Gasteiger partial charge in [0, 0.05) is 6.54 Å². The second-order valence-corrected chi connectivity index (χ2v) is 5.97. The zero-order valence-electron chi connectivity index (χ0n) is 14.1. The van der Waals surface area contributed by atoms with Gasteiger partial charge < -0.3 is 55.4 Å². The van der Waals surface area contributed by atoms with E-state index in [9.17, 15) is 46.0 Å². The Morgan fingerprint density at radius 3 is 1.89 bits per heavy atom. The van der Waals surface area contributed by atoms with Gasteiger partial charge in [-0.1, -0.05) is 12.1 Å². The maximum Gasteiger partial charge on any atom is 0.302 e. The third kappa shape index (κ3) is 3.84. The minimum atomic E-state index is -3.86. The van der Waals surface area contributed by atoms with Gasteiger partial charge in [0.25, 0.3) is 11.8 Å². The van der Waals surface area contributed by atoms with E-state index >= 15 is 0 Å². The lowest BCUT2D eigenvalue weighted by atomic mass is 10.1. The van der Waals surface area contributed by atoms with Gasteiger partial charge in [0.2, 0.25) is 0 Å². The number of methoxy groups -OCH3 is 1. The quantitative estimate of drug-likeness (QED) is 0.205. The molecule has 1 atom stereocenters. The average molecular weight is 394 g/mol. The summed E-state index contributed by atoms with van der Waals surface area (Å²) in [6.45, 7) is -1.66. The van der Waals surface area contributed by atoms with Crippen molar-refractivity contribution in [3.8, 4) is 11.5 Å². The summed E-state index contributed by atoms with van der Waals surface area (Å²) in [4.78, 5) is -0.354. The summed E-state index contributed by atoms with van der Waals surface area (Å²) in [5.41, 5.74) is 0. The van der Waals surface area contributed by atoms with Gasteiger partial charge in [0.15, 0.2) is 11.5 Å². The van der Waals surface area contributed by atoms with Crippen LogP contribution in [-0.4, -0.2) is 101 Å². The summed E-state index contributed by atoms with van der Waals surface area (Å²) in [6.07, 6.45) is -1.70. The van der Waals surface area contributed by atoms with Crippen molar-refractivity contribution >= 4 is 0 Å². The number of aliphatic hydroxyl groups excluding tert-OH is 1. The summed E-state index contributed by atoms with van der Waals surface area (Å²) < 4.78 is 10.3. The molecule has 1 heterocycles. The second kappa shape index (κ2) is 7.08. The van der Waals surface area contributed by atoms with Crippen LogP contribution in [0.4, 0.5) is 0 Å². The van der Waals surface area contributed by atoms with E-state index in [0.29, 0.717) is 5.75 Å². The third-order valence-corrected chi connectivity index (χ3v) is 3.93. The molecule has 0 spiro atoms. The minimum absolute atomic E-state index is 0.204. The minimum Gasteiger partial charge on any atom is -0.493 e. The Balaban J connectivity index is 2.17. The highest BCUT2D eigenvalue weighted by Crippen LogP contribution is 2.36. The molecule has 1 fully saturated rings. The van der Waals surface area contributed by atoms with Crippen molar-refractivity contribution < 1.29 is 55.4 Å². The molecular formula is C14H22N2O11. The van der Waals surface area contributed by atoms with Gasteiger partial charge in [-0.15, -0.1) is 0 Å². The predicted molar refractivity (Wildman–Crippen MR) is 83.0 cm³/mol. The molecule has 1 unspecified atom stereocenters. The number of benzene rings is 1. The van der Waals surface area contributed by atoms with E-state index in [0.717, 1.165) is 5.32 Å². The van der Waals surface area contributed by atoms with Crippen LogP contribution in [-0.2, 0) is 0 Å². The molecule has 13 nitrogen and oxygen atoms in total. The number of ether oxygens (including phenoxy) is 2. The van der Waals surface area contributed by atoms with E-state index in [1.54, 1.807) is 18.2 Å². The molecular weight excluding hydrogens is 372 g/mol. The second-order valence-electron chi connectivity index (χ2n) is 5.97. The summed E-state index contributed by atoms with van der Waals surface area (Å²) in [6, 6.07) is 6.33. The molecule has 0 bridgehead atoms. The Morgan fingerprint density at radius 1 is 0.926 bits per heavy atom. The Hall–Kier alpha value is -1.62. The van der Waals surface area contributed by atoms with Crippen molar-refractivity contribution in [1.29, 1.82) is 0 Å². The highest BCUT2D eigenvalue weighted by Gasteiger charge is 2.72. The Bertz CT molecular complexity index is 638. The lowest BCUT2D eigenvalue weighted by Gasteiger charge is -2.56. The third-order valence-electron chi connectivity index (χ3n) is 3.93. The molecule has 2 rings (SSSR count). The van der Waals surface area contributed by atoms with Gasteiger partial charge in [-0.3, -0.25) is 0 Å². The van der Waals surface area contributed by atoms with Gasteiger partial charge >= 0.3 is 11.8 Å². The molecule has 1 aliphatic rings. The van der Waals surface area contributed by atoms with E-state index in [-0.39, 0.29) is 10.6 Å². The molecule has 0 amide bonds. The summed E-state index contributed by atoms with van der Waals surface area (Å²) in [5, 5.41) is 88.7. The number of rotatable bonds is 6. The number of nitrogens with zero attached hydrogens (tertiary/aromatic N) is 1. The van der Waals surface area contributed by atoms with E-state index in [2.05, 4.69) is 0 Å². The number of piperazine rings is 1. The Morgan fingerprint density at radius 2 is 1.41 bits per heavy atom. The highest BCUT2D eigenvalue weighted by atomic mass is 16.7. The van der Waals surface area contributed by atoms with Gasteiger partial charge in [-0.25, -0.2) is 5.32 Å². The average Bonchev–Trinajstić information content (AvgIpc) is 2.55. The smallest absolute Gasteiger partial charge is 0.302 e. The lowest BCUT2D eigenvalue weighted by Crippen LogP contribution is -2.90. The molecule has 0 aliphatic carbocycles. The standard InChI is InChI=1S/C14H22N2O11/c1-26-9-4-2-3-5-10(9)27-7-8(17)6-16-13(22,23)11(18,19)15-12(20,21)14(16,24)25/h2-5,8,15,17-25H,6-7H2,1H3. The van der Waals surface area contributed by atoms with Crippen LogP contribution >= 0.6 is 0 Å². The molecule has 1 aromatic rings. The van der Waals surface area contributed by atoms with E-state index in [1.807, 2.05) is 0 Å². The van der Waals surface area contributed by atoms with Crippen LogP contribution in [0.5, 0.6) is 11.5 Å². The summed E-state index contributed by atoms with van der Waals surface area (Å²) in [7, 11) is 1.38. The van der Waals surface area contributed by atoms with Gasteiger partial charge in [-0.2, -0.15) is 4.90 Å². The Labute approximate surface area is 152 Å². The van der Waals surface area contributed by atoms with Crippen LogP contribution in [0.2, 0.25) is 0 Å². The molecule has 0 radical (unpaired) electrons. The van der Waals surface area contributed by atoms with Gasteiger partial charge in [0.05, 0.1) is 7.11 Å². The van der Waals surface area contributed by atoms with Crippen molar-refractivity contribution in [2.24, 2.45) is 0 Å². The number of hydrogen-bond donors (Lipinski definition) is 10. The Kier molecular flexibility index (Phi) is 5.69. The fourth-order valence-corrected chi connectivity index (χ4v) is 2.45. The van der Waals surface area contributed by atoms with Crippen LogP contribution in [0, 0.1) is 0 Å². The number of aliphatic hydroxyl groups is 9. The molecule has 0 saturated carbocycles. The molecule has 1 aromatic carbocycles. The van der Waals surface area contributed by atoms with Crippen molar-refractivity contribution in [3.63, 3.8) is 0 Å². The van der Waals surface area contributed by atoms with Crippen molar-refractivity contribution in [1.82, 2.24) is 10.2 Å². The van der Waals surface area contributed by atoms with E-state index in [1.165, 1.54) is 13.2 Å². The fraction of sp³-hybridized carbons (Fsp3) is 0.571. The molecule has 13 heteroatoms. The van der Waals surface area contributed by atoms with Crippen LogP contribution in [0.3, 0.4) is 0 Å². The van der Waals surface area contributed by atoms with Crippen molar-refractivity contribution in [2.75, 3.05) is 20.3 Å². The van der Waals surface area contributed by atoms with Crippen molar-refractivity contribution in [3.05, 3.63) is 24.3 Å². The topological polar surface area (TPSA) is 216 Å². The molecule has 154 valence electrons. The zero-order valence-corrected chi connectivity index (χ0v) is 14.1. The number of hydrogen-bond acceptors (Lipinski definition) is 13. The fourth-order valence-electron chi connectivity index (χ4n) is 2.45. The van der Waals surface area contributed by atoms with Crippen molar-refractivity contribution in [2.45, 2.75) is 29.7 Å². The molecule has 0 aromatic heterocycles. The van der Waals surface area contributed by atoms with Gasteiger partial charge in [-0.05, 0) is 12.1 Å². The van der Waals surface area contributed by atoms with E-state index < -0.39 is 42.9 Å². The first-order valence-electron chi connectivity index (χ1n) is 7.56. The number of para-hydroxylation sites is 2. The molecule has 1 aliphatic heterocycles. The normalized spacial score (nSPS) is 24.2. The van der Waals surface area contributed by atoms with E-state index in [4.69, 9.17) is 9.47 Å². The zero-order chi connectivity index (χ0) is 20.7. The van der Waals surface area contributed by atoms with Crippen LogP contribution in [0.1, 0.15) is 0 Å². The molecule has 27 heavy (non-hydrogen) atoms. The highest BCUT2D eigenvalue weighted by molar-refractivity contribution is 5.39. The predicted octanol–water partition coefficient (Wildman–Crippen LogP) is -5.11. The molecule has 10 N–H and O–H groups in total. The summed E-state index contributed by atoms with van der Waals surface area (Å²) in [5.74, 6) is -14.9. The first-order chi connectivity index (χ1) is 12.3.